The Morgan fingerprint density at radius 1 is 1.36 bits per heavy atom. The Hall–Kier alpha value is -1.17. The zero-order chi connectivity index (χ0) is 15.4. The highest BCUT2D eigenvalue weighted by Crippen LogP contribution is 2.31. The molecule has 22 heavy (non-hydrogen) atoms. The number of amides is 1. The van der Waals surface area contributed by atoms with Crippen molar-refractivity contribution in [1.82, 2.24) is 10.2 Å². The molecular formula is C17H19BrN2OS. The van der Waals surface area contributed by atoms with Crippen LogP contribution in [0, 0.1) is 0 Å². The average Bonchev–Trinajstić information content (AvgIpc) is 3.15. The van der Waals surface area contributed by atoms with E-state index in [2.05, 4.69) is 50.4 Å². The molecule has 1 atom stereocenters. The van der Waals surface area contributed by atoms with Crippen molar-refractivity contribution in [1.29, 1.82) is 0 Å². The van der Waals surface area contributed by atoms with E-state index in [1.54, 1.807) is 11.3 Å². The van der Waals surface area contributed by atoms with Crippen LogP contribution >= 0.6 is 27.3 Å². The smallest absolute Gasteiger partial charge is 0.234 e. The first kappa shape index (κ1) is 15.7. The van der Waals surface area contributed by atoms with Crippen LogP contribution in [-0.4, -0.2) is 23.9 Å². The number of hydrogen-bond donors (Lipinski definition) is 1. The van der Waals surface area contributed by atoms with Crippen LogP contribution in [0.4, 0.5) is 0 Å². The van der Waals surface area contributed by atoms with Crippen LogP contribution in [-0.2, 0) is 11.3 Å². The normalized spacial score (nSPS) is 18.5. The Bertz CT molecular complexity index is 629. The van der Waals surface area contributed by atoms with Crippen LogP contribution in [0.3, 0.4) is 0 Å². The lowest BCUT2D eigenvalue weighted by Crippen LogP contribution is -2.36. The van der Waals surface area contributed by atoms with Crippen LogP contribution in [0.1, 0.15) is 29.3 Å². The van der Waals surface area contributed by atoms with Gasteiger partial charge >= 0.3 is 0 Å². The summed E-state index contributed by atoms with van der Waals surface area (Å²) in [5.74, 6) is 0.104. The highest BCUT2D eigenvalue weighted by molar-refractivity contribution is 9.10. The number of likely N-dealkylation sites (tertiary alicyclic amines) is 1. The van der Waals surface area contributed by atoms with Gasteiger partial charge < -0.3 is 5.32 Å². The maximum absolute atomic E-state index is 12.2. The molecular weight excluding hydrogens is 360 g/mol. The van der Waals surface area contributed by atoms with Gasteiger partial charge in [0.25, 0.3) is 0 Å². The predicted octanol–water partition coefficient (Wildman–Crippen LogP) is 3.96. The van der Waals surface area contributed by atoms with Gasteiger partial charge in [0.2, 0.25) is 5.91 Å². The largest absolute Gasteiger partial charge is 0.350 e. The second-order valence-corrected chi connectivity index (χ2v) is 7.46. The third kappa shape index (κ3) is 3.97. The molecule has 1 amide bonds. The maximum atomic E-state index is 12.2. The second-order valence-electron chi connectivity index (χ2n) is 5.55. The summed E-state index contributed by atoms with van der Waals surface area (Å²) in [4.78, 5) is 15.7. The molecule has 0 aliphatic carbocycles. The summed E-state index contributed by atoms with van der Waals surface area (Å²) in [7, 11) is 0. The molecule has 2 heterocycles. The van der Waals surface area contributed by atoms with Crippen LogP contribution < -0.4 is 5.32 Å². The molecule has 0 saturated carbocycles. The molecule has 1 aliphatic rings. The first-order chi connectivity index (χ1) is 10.7. The highest BCUT2D eigenvalue weighted by Gasteiger charge is 2.27. The van der Waals surface area contributed by atoms with Gasteiger partial charge in [-0.3, -0.25) is 9.69 Å². The van der Waals surface area contributed by atoms with Crippen molar-refractivity contribution in [2.24, 2.45) is 0 Å². The van der Waals surface area contributed by atoms with E-state index in [4.69, 9.17) is 0 Å². The molecule has 1 unspecified atom stereocenters. The third-order valence-corrected chi connectivity index (χ3v) is 5.67. The lowest BCUT2D eigenvalue weighted by molar-refractivity contribution is -0.122. The molecule has 2 aromatic rings. The highest BCUT2D eigenvalue weighted by atomic mass is 79.9. The lowest BCUT2D eigenvalue weighted by atomic mass is 10.0. The Labute approximate surface area is 143 Å². The Balaban J connectivity index is 1.54. The van der Waals surface area contributed by atoms with E-state index in [1.165, 1.54) is 10.4 Å². The van der Waals surface area contributed by atoms with Gasteiger partial charge in [0, 0.05) is 20.8 Å². The Kier molecular flexibility index (Phi) is 5.28. The molecule has 116 valence electrons. The molecule has 0 spiro atoms. The number of carbonyl (C=O) groups is 1. The summed E-state index contributed by atoms with van der Waals surface area (Å²) in [6, 6.07) is 12.9. The van der Waals surface area contributed by atoms with Gasteiger partial charge in [-0.25, -0.2) is 0 Å². The zero-order valence-electron chi connectivity index (χ0n) is 12.3. The molecule has 3 rings (SSSR count). The number of nitrogens with zero attached hydrogens (tertiary/aromatic N) is 1. The van der Waals surface area contributed by atoms with Crippen LogP contribution in [0.5, 0.6) is 0 Å². The van der Waals surface area contributed by atoms with Crippen molar-refractivity contribution in [2.45, 2.75) is 25.4 Å². The van der Waals surface area contributed by atoms with E-state index >= 15 is 0 Å². The Morgan fingerprint density at radius 2 is 2.18 bits per heavy atom. The average molecular weight is 379 g/mol. The number of nitrogens with one attached hydrogen (secondary N) is 1. The minimum atomic E-state index is 0.104. The summed E-state index contributed by atoms with van der Waals surface area (Å²) in [6.07, 6.45) is 2.29. The Morgan fingerprint density at radius 3 is 2.91 bits per heavy atom. The first-order valence-corrected chi connectivity index (χ1v) is 9.18. The first-order valence-electron chi connectivity index (χ1n) is 7.51. The second kappa shape index (κ2) is 7.40. The van der Waals surface area contributed by atoms with Crippen LogP contribution in [0.15, 0.2) is 46.3 Å². The quantitative estimate of drug-likeness (QED) is 0.853. The van der Waals surface area contributed by atoms with Gasteiger partial charge in [-0.1, -0.05) is 30.3 Å². The molecule has 1 aromatic heterocycles. The number of hydrogen-bond acceptors (Lipinski definition) is 3. The van der Waals surface area contributed by atoms with Gasteiger partial charge in [-0.2, -0.15) is 0 Å². The van der Waals surface area contributed by atoms with Gasteiger partial charge in [0.05, 0.1) is 13.1 Å². The SMILES string of the molecule is O=C(CN1CCCC1c1ccccc1)NCc1cc(Br)cs1. The van der Waals surface area contributed by atoms with Crippen molar-refractivity contribution < 1.29 is 4.79 Å². The molecule has 3 nitrogen and oxygen atoms in total. The van der Waals surface area contributed by atoms with Crippen molar-refractivity contribution in [2.75, 3.05) is 13.1 Å². The lowest BCUT2D eigenvalue weighted by Gasteiger charge is -2.24. The van der Waals surface area contributed by atoms with Gasteiger partial charge in [-0.15, -0.1) is 11.3 Å². The van der Waals surface area contributed by atoms with Gasteiger partial charge in [0.15, 0.2) is 0 Å². The molecule has 1 aliphatic heterocycles. The molecule has 1 fully saturated rings. The minimum Gasteiger partial charge on any atom is -0.350 e. The maximum Gasteiger partial charge on any atom is 0.234 e. The van der Waals surface area contributed by atoms with Gasteiger partial charge in [-0.05, 0) is 46.9 Å². The topological polar surface area (TPSA) is 32.3 Å². The number of carbonyl (C=O) groups excluding carboxylic acids is 1. The number of benzene rings is 1. The molecule has 1 saturated heterocycles. The van der Waals surface area contributed by atoms with E-state index in [-0.39, 0.29) is 5.91 Å². The summed E-state index contributed by atoms with van der Waals surface area (Å²) in [6.45, 7) is 2.09. The van der Waals surface area contributed by atoms with E-state index < -0.39 is 0 Å². The molecule has 0 radical (unpaired) electrons. The standard InChI is InChI=1S/C17H19BrN2OS/c18-14-9-15(22-12-14)10-19-17(21)11-20-8-4-7-16(20)13-5-2-1-3-6-13/h1-3,5-6,9,12,16H,4,7-8,10-11H2,(H,19,21). The van der Waals surface area contributed by atoms with Crippen LogP contribution in [0.2, 0.25) is 0 Å². The number of rotatable bonds is 5. The minimum absolute atomic E-state index is 0.104. The van der Waals surface area contributed by atoms with Crippen molar-refractivity contribution in [3.63, 3.8) is 0 Å². The molecule has 5 heteroatoms. The van der Waals surface area contributed by atoms with Crippen LogP contribution in [0.25, 0.3) is 0 Å². The fraction of sp³-hybridized carbons (Fsp3) is 0.353. The van der Waals surface area contributed by atoms with Crippen molar-refractivity contribution in [3.05, 3.63) is 56.7 Å². The zero-order valence-corrected chi connectivity index (χ0v) is 14.7. The van der Waals surface area contributed by atoms with E-state index in [0.717, 1.165) is 23.9 Å². The summed E-state index contributed by atoms with van der Waals surface area (Å²) < 4.78 is 1.07. The monoisotopic (exact) mass is 378 g/mol. The third-order valence-electron chi connectivity index (χ3n) is 3.98. The predicted molar refractivity (Wildman–Crippen MR) is 93.9 cm³/mol. The van der Waals surface area contributed by atoms with E-state index in [1.807, 2.05) is 17.5 Å². The van der Waals surface area contributed by atoms with E-state index in [9.17, 15) is 4.79 Å². The van der Waals surface area contributed by atoms with Crippen molar-refractivity contribution >= 4 is 33.2 Å². The molecule has 0 bridgehead atoms. The number of thiophene rings is 1. The summed E-state index contributed by atoms with van der Waals surface area (Å²) in [5.41, 5.74) is 1.31. The van der Waals surface area contributed by atoms with Crippen molar-refractivity contribution in [3.8, 4) is 0 Å². The molecule has 1 aromatic carbocycles. The fourth-order valence-corrected chi connectivity index (χ4v) is 4.33. The fourth-order valence-electron chi connectivity index (χ4n) is 2.94. The molecule has 1 N–H and O–H groups in total. The summed E-state index contributed by atoms with van der Waals surface area (Å²) in [5, 5.41) is 5.06. The summed E-state index contributed by atoms with van der Waals surface area (Å²) >= 11 is 5.09. The van der Waals surface area contributed by atoms with E-state index in [0.29, 0.717) is 19.1 Å². The van der Waals surface area contributed by atoms with Gasteiger partial charge in [0.1, 0.15) is 0 Å². The number of halogens is 1.